The number of esters is 2. The second kappa shape index (κ2) is 82.7. The Kier molecular flexibility index (Phi) is 81.1. The molecule has 0 aromatic rings. The Balaban J connectivity index is 3.88. The van der Waals surface area contributed by atoms with Crippen molar-refractivity contribution < 1.29 is 42.9 Å². The van der Waals surface area contributed by atoms with Crippen LogP contribution >= 0.6 is 0 Å². The number of carboxylic acids is 1. The first-order valence-electron chi connectivity index (χ1n) is 45.3. The van der Waals surface area contributed by atoms with E-state index >= 15 is 0 Å². The molecule has 0 aliphatic rings. The molecular formula is C91H177NO8. The molecule has 0 aromatic heterocycles. The van der Waals surface area contributed by atoms with Crippen LogP contribution in [0.3, 0.4) is 0 Å². The third-order valence-electron chi connectivity index (χ3n) is 21.3. The summed E-state index contributed by atoms with van der Waals surface area (Å²) in [4.78, 5) is 37.7. The van der Waals surface area contributed by atoms with Crippen LogP contribution in [-0.4, -0.2) is 82.3 Å². The van der Waals surface area contributed by atoms with E-state index in [1.165, 1.54) is 430 Å². The van der Waals surface area contributed by atoms with Gasteiger partial charge in [0, 0.05) is 12.8 Å². The number of hydrogen-bond acceptors (Lipinski definition) is 8. The van der Waals surface area contributed by atoms with Crippen molar-refractivity contribution in [2.45, 2.75) is 508 Å². The maximum absolute atomic E-state index is 13.0. The van der Waals surface area contributed by atoms with Crippen LogP contribution in [0, 0.1) is 0 Å². The van der Waals surface area contributed by atoms with E-state index in [2.05, 4.69) is 26.0 Å². The van der Waals surface area contributed by atoms with Gasteiger partial charge in [-0.1, -0.05) is 456 Å². The number of hydrogen-bond donors (Lipinski definition) is 0. The van der Waals surface area contributed by atoms with Crippen LogP contribution in [0.15, 0.2) is 12.2 Å². The summed E-state index contributed by atoms with van der Waals surface area (Å²) >= 11 is 0. The lowest BCUT2D eigenvalue weighted by Gasteiger charge is -2.26. The van der Waals surface area contributed by atoms with Gasteiger partial charge in [0.25, 0.3) is 0 Å². The summed E-state index contributed by atoms with van der Waals surface area (Å²) in [5, 5.41) is 11.9. The average Bonchev–Trinajstić information content (AvgIpc) is 1.14. The van der Waals surface area contributed by atoms with Crippen molar-refractivity contribution in [2.75, 3.05) is 47.5 Å². The molecule has 0 rings (SSSR count). The maximum atomic E-state index is 13.0. The number of aliphatic carboxylic acids is 1. The van der Waals surface area contributed by atoms with Gasteiger partial charge in [0.05, 0.1) is 40.3 Å². The quantitative estimate of drug-likeness (QED) is 0.0195. The first-order chi connectivity index (χ1) is 49.1. The fourth-order valence-electron chi connectivity index (χ4n) is 14.4. The van der Waals surface area contributed by atoms with Crippen molar-refractivity contribution in [2.24, 2.45) is 0 Å². The summed E-state index contributed by atoms with van der Waals surface area (Å²) in [5.74, 6) is -2.24. The topological polar surface area (TPSA) is 111 Å². The summed E-state index contributed by atoms with van der Waals surface area (Å²) < 4.78 is 22.9. The average molecular weight is 1410 g/mol. The van der Waals surface area contributed by atoms with Gasteiger partial charge in [0.1, 0.15) is 13.2 Å². The number of carboxylic acid groups (broad SMARTS) is 1. The molecule has 0 N–H and O–H groups in total. The van der Waals surface area contributed by atoms with E-state index in [0.29, 0.717) is 17.4 Å². The van der Waals surface area contributed by atoms with Gasteiger partial charge >= 0.3 is 11.9 Å². The van der Waals surface area contributed by atoms with Crippen LogP contribution in [0.1, 0.15) is 495 Å². The fourth-order valence-corrected chi connectivity index (χ4v) is 14.4. The highest BCUT2D eigenvalue weighted by Crippen LogP contribution is 2.22. The normalized spacial score (nSPS) is 12.5. The number of unbranched alkanes of at least 4 members (excludes halogenated alkanes) is 70. The number of quaternary nitrogens is 1. The Hall–Kier alpha value is -1.97. The highest BCUT2D eigenvalue weighted by molar-refractivity contribution is 5.70. The maximum Gasteiger partial charge on any atom is 0.306 e. The van der Waals surface area contributed by atoms with Gasteiger partial charge in [-0.2, -0.15) is 0 Å². The SMILES string of the molecule is CCCCCCCCCC/C=C\CCCCCCCCCCCCCCCCCCCCCCCCCCCC(=O)OC(COC(=O)CCCCCCCCCCCCCCCCCCCCCCCCCCCCCCCCCCCCCCCC)COC(OCC[N+](C)(C)C)C(=O)[O-]. The Morgan fingerprint density at radius 1 is 0.290 bits per heavy atom. The van der Waals surface area contributed by atoms with Gasteiger partial charge in [-0.15, -0.1) is 0 Å². The van der Waals surface area contributed by atoms with E-state index in [4.69, 9.17) is 18.9 Å². The van der Waals surface area contributed by atoms with Crippen LogP contribution in [-0.2, 0) is 33.3 Å². The van der Waals surface area contributed by atoms with E-state index in [-0.39, 0.29) is 32.2 Å². The number of ether oxygens (including phenoxy) is 4. The first kappa shape index (κ1) is 98.0. The van der Waals surface area contributed by atoms with E-state index < -0.39 is 24.3 Å². The second-order valence-electron chi connectivity index (χ2n) is 32.6. The van der Waals surface area contributed by atoms with Crippen LogP contribution in [0.25, 0.3) is 0 Å². The molecule has 0 saturated carbocycles. The van der Waals surface area contributed by atoms with Gasteiger partial charge in [-0.05, 0) is 38.5 Å². The minimum Gasteiger partial charge on any atom is -0.545 e. The summed E-state index contributed by atoms with van der Waals surface area (Å²) in [5.41, 5.74) is 0. The molecule has 0 aliphatic carbocycles. The zero-order valence-electron chi connectivity index (χ0n) is 68.4. The van der Waals surface area contributed by atoms with Crippen LogP contribution in [0.2, 0.25) is 0 Å². The summed E-state index contributed by atoms with van der Waals surface area (Å²) in [6.07, 6.45) is 103. The summed E-state index contributed by atoms with van der Waals surface area (Å²) in [6.45, 7) is 4.86. The highest BCUT2D eigenvalue weighted by atomic mass is 16.7. The molecule has 0 bridgehead atoms. The van der Waals surface area contributed by atoms with Crippen LogP contribution < -0.4 is 5.11 Å². The molecule has 0 spiro atoms. The predicted octanol–water partition coefficient (Wildman–Crippen LogP) is 28.1. The Labute approximate surface area is 625 Å². The standard InChI is InChI=1S/C91H177NO8/c1-6-8-10-12-14-16-18-20-22-24-26-28-30-32-34-36-38-40-42-44-46-47-49-51-53-55-57-59-61-63-65-67-69-71-73-75-77-79-81-88(93)98-85-87(86-99-91(90(95)96)97-84-83-92(3,4)5)100-89(94)82-80-78-76-74-72-70-68-66-64-62-60-58-56-54-52-50-48-45-43-41-39-37-35-33-31-29-27-25-23-21-19-17-15-13-11-9-7-2/h25,27,87,91H,6-24,26,28-86H2,1-5H3/b27-25-. The molecule has 9 heteroatoms. The molecule has 2 atom stereocenters. The minimum atomic E-state index is -1.62. The van der Waals surface area contributed by atoms with E-state index in [1.54, 1.807) is 0 Å². The predicted molar refractivity (Wildman–Crippen MR) is 431 cm³/mol. The van der Waals surface area contributed by atoms with Gasteiger partial charge in [-0.25, -0.2) is 0 Å². The van der Waals surface area contributed by atoms with Crippen molar-refractivity contribution in [3.63, 3.8) is 0 Å². The van der Waals surface area contributed by atoms with Gasteiger partial charge in [0.15, 0.2) is 12.4 Å². The van der Waals surface area contributed by atoms with Crippen molar-refractivity contribution in [3.05, 3.63) is 12.2 Å². The molecule has 594 valence electrons. The fraction of sp³-hybridized carbons (Fsp3) is 0.945. The molecule has 0 saturated heterocycles. The van der Waals surface area contributed by atoms with Gasteiger partial charge in [0.2, 0.25) is 0 Å². The van der Waals surface area contributed by atoms with Crippen molar-refractivity contribution in [1.29, 1.82) is 0 Å². The third-order valence-corrected chi connectivity index (χ3v) is 21.3. The van der Waals surface area contributed by atoms with E-state index in [1.807, 2.05) is 21.1 Å². The van der Waals surface area contributed by atoms with Crippen LogP contribution in [0.4, 0.5) is 0 Å². The molecule has 0 heterocycles. The monoisotopic (exact) mass is 1410 g/mol. The zero-order chi connectivity index (χ0) is 72.5. The number of likely N-dealkylation sites (N-methyl/N-ethyl adjacent to an activating group) is 1. The minimum absolute atomic E-state index is 0.153. The molecular weight excluding hydrogens is 1230 g/mol. The van der Waals surface area contributed by atoms with E-state index in [0.717, 1.165) is 38.5 Å². The summed E-state index contributed by atoms with van der Waals surface area (Å²) in [7, 11) is 5.96. The summed E-state index contributed by atoms with van der Waals surface area (Å²) in [6, 6.07) is 0. The Bertz CT molecular complexity index is 1650. The van der Waals surface area contributed by atoms with Crippen molar-refractivity contribution in [1.82, 2.24) is 0 Å². The van der Waals surface area contributed by atoms with Crippen molar-refractivity contribution >= 4 is 17.9 Å². The number of rotatable bonds is 87. The van der Waals surface area contributed by atoms with E-state index in [9.17, 15) is 19.5 Å². The number of nitrogens with zero attached hydrogens (tertiary/aromatic N) is 1. The molecule has 0 radical (unpaired) electrons. The second-order valence-corrected chi connectivity index (χ2v) is 32.6. The van der Waals surface area contributed by atoms with Gasteiger partial charge < -0.3 is 33.3 Å². The van der Waals surface area contributed by atoms with Crippen molar-refractivity contribution in [3.8, 4) is 0 Å². The van der Waals surface area contributed by atoms with Crippen LogP contribution in [0.5, 0.6) is 0 Å². The molecule has 100 heavy (non-hydrogen) atoms. The lowest BCUT2D eigenvalue weighted by atomic mass is 10.0. The molecule has 9 nitrogen and oxygen atoms in total. The molecule has 2 unspecified atom stereocenters. The number of carbonyl (C=O) groups is 3. The number of carbonyl (C=O) groups excluding carboxylic acids is 3. The van der Waals surface area contributed by atoms with Gasteiger partial charge in [-0.3, -0.25) is 9.59 Å². The first-order valence-corrected chi connectivity index (χ1v) is 45.3. The smallest absolute Gasteiger partial charge is 0.306 e. The third kappa shape index (κ3) is 83.3. The lowest BCUT2D eigenvalue weighted by Crippen LogP contribution is -2.44. The largest absolute Gasteiger partial charge is 0.545 e. The lowest BCUT2D eigenvalue weighted by molar-refractivity contribution is -0.870. The zero-order valence-corrected chi connectivity index (χ0v) is 68.4. The molecule has 0 aliphatic heterocycles. The Morgan fingerprint density at radius 3 is 0.740 bits per heavy atom. The Morgan fingerprint density at radius 2 is 0.510 bits per heavy atom. The number of allylic oxidation sites excluding steroid dienone is 2. The molecule has 0 amide bonds. The molecule has 0 fully saturated rings. The highest BCUT2D eigenvalue weighted by Gasteiger charge is 2.22. The molecule has 0 aromatic carbocycles.